The monoisotopic (exact) mass is 255 g/mol. The van der Waals surface area contributed by atoms with Crippen LogP contribution in [-0.4, -0.2) is 31.9 Å². The van der Waals surface area contributed by atoms with Crippen molar-refractivity contribution in [2.75, 3.05) is 26.9 Å². The van der Waals surface area contributed by atoms with Gasteiger partial charge in [0.1, 0.15) is 0 Å². The van der Waals surface area contributed by atoms with Gasteiger partial charge in [-0.3, -0.25) is 10.1 Å². The Morgan fingerprint density at radius 3 is 2.67 bits per heavy atom. The van der Waals surface area contributed by atoms with Crippen LogP contribution in [0.25, 0.3) is 0 Å². The van der Waals surface area contributed by atoms with E-state index in [1.165, 1.54) is 25.3 Å². The molecule has 0 bridgehead atoms. The summed E-state index contributed by atoms with van der Waals surface area (Å²) in [5, 5.41) is 10.7. The molecular formula is C12H17NO5. The summed E-state index contributed by atoms with van der Waals surface area (Å²) in [7, 11) is 1.49. The quantitative estimate of drug-likeness (QED) is 0.405. The normalized spacial score (nSPS) is 10.1. The Bertz CT molecular complexity index is 394. The lowest BCUT2D eigenvalue weighted by molar-refractivity contribution is -0.385. The molecule has 0 aliphatic heterocycles. The van der Waals surface area contributed by atoms with Crippen molar-refractivity contribution in [3.8, 4) is 11.5 Å². The average molecular weight is 255 g/mol. The van der Waals surface area contributed by atoms with Crippen molar-refractivity contribution in [3.05, 3.63) is 28.3 Å². The average Bonchev–Trinajstić information content (AvgIpc) is 2.38. The van der Waals surface area contributed by atoms with E-state index in [2.05, 4.69) is 0 Å². The highest BCUT2D eigenvalue weighted by Crippen LogP contribution is 2.31. The van der Waals surface area contributed by atoms with Crippen LogP contribution in [0.2, 0.25) is 0 Å². The van der Waals surface area contributed by atoms with Gasteiger partial charge in [-0.15, -0.1) is 0 Å². The third kappa shape index (κ3) is 4.21. The molecule has 0 heterocycles. The second-order valence-electron chi connectivity index (χ2n) is 3.49. The second kappa shape index (κ2) is 7.50. The molecule has 0 amide bonds. The number of ether oxygens (including phenoxy) is 3. The molecule has 0 atom stereocenters. The van der Waals surface area contributed by atoms with Gasteiger partial charge in [-0.05, 0) is 13.0 Å². The molecule has 1 aromatic rings. The predicted molar refractivity (Wildman–Crippen MR) is 66.3 cm³/mol. The van der Waals surface area contributed by atoms with Gasteiger partial charge in [0.2, 0.25) is 0 Å². The summed E-state index contributed by atoms with van der Waals surface area (Å²) in [4.78, 5) is 10.2. The van der Waals surface area contributed by atoms with Crippen LogP contribution >= 0.6 is 0 Å². The summed E-state index contributed by atoms with van der Waals surface area (Å²) in [5.74, 6) is 0.861. The van der Waals surface area contributed by atoms with Crippen LogP contribution in [0.3, 0.4) is 0 Å². The van der Waals surface area contributed by atoms with Crippen LogP contribution in [0, 0.1) is 10.1 Å². The van der Waals surface area contributed by atoms with Crippen LogP contribution in [0.4, 0.5) is 5.69 Å². The zero-order chi connectivity index (χ0) is 13.4. The molecule has 6 nitrogen and oxygen atoms in total. The molecule has 0 unspecified atom stereocenters. The zero-order valence-electron chi connectivity index (χ0n) is 10.5. The number of benzene rings is 1. The molecule has 1 rings (SSSR count). The lowest BCUT2D eigenvalue weighted by Crippen LogP contribution is -2.04. The van der Waals surface area contributed by atoms with Crippen molar-refractivity contribution in [1.29, 1.82) is 0 Å². The highest BCUT2D eigenvalue weighted by molar-refractivity contribution is 5.48. The summed E-state index contributed by atoms with van der Waals surface area (Å²) >= 11 is 0. The van der Waals surface area contributed by atoms with E-state index in [1.807, 2.05) is 6.92 Å². The van der Waals surface area contributed by atoms with Gasteiger partial charge in [0.15, 0.2) is 11.5 Å². The minimum Gasteiger partial charge on any atom is -0.493 e. The lowest BCUT2D eigenvalue weighted by Gasteiger charge is -2.10. The van der Waals surface area contributed by atoms with Crippen LogP contribution in [-0.2, 0) is 4.74 Å². The Kier molecular flexibility index (Phi) is 5.93. The number of hydrogen-bond donors (Lipinski definition) is 0. The molecular weight excluding hydrogens is 238 g/mol. The van der Waals surface area contributed by atoms with Gasteiger partial charge in [0.05, 0.1) is 24.7 Å². The number of methoxy groups -OCH3 is 1. The maximum Gasteiger partial charge on any atom is 0.273 e. The van der Waals surface area contributed by atoms with Crippen LogP contribution in [0.15, 0.2) is 18.2 Å². The fourth-order valence-corrected chi connectivity index (χ4v) is 1.38. The Hall–Kier alpha value is -1.82. The molecule has 1 aromatic carbocycles. The molecule has 0 N–H and O–H groups in total. The zero-order valence-corrected chi connectivity index (χ0v) is 10.5. The summed E-state index contributed by atoms with van der Waals surface area (Å²) in [6.07, 6.45) is 0.722. The SMILES string of the molecule is CCOCCCOc1cc([N+](=O)[O-])ccc1OC. The third-order valence-electron chi connectivity index (χ3n) is 2.25. The number of nitro benzene ring substituents is 1. The van der Waals surface area contributed by atoms with E-state index in [-0.39, 0.29) is 5.69 Å². The molecule has 100 valence electrons. The minimum atomic E-state index is -0.466. The molecule has 0 spiro atoms. The molecule has 6 heteroatoms. The van der Waals surface area contributed by atoms with Gasteiger partial charge in [-0.1, -0.05) is 0 Å². The number of hydrogen-bond acceptors (Lipinski definition) is 5. The van der Waals surface area contributed by atoms with Gasteiger partial charge in [-0.25, -0.2) is 0 Å². The Balaban J connectivity index is 2.61. The minimum absolute atomic E-state index is 0.0180. The summed E-state index contributed by atoms with van der Waals surface area (Å²) < 4.78 is 15.7. The van der Waals surface area contributed by atoms with E-state index < -0.39 is 4.92 Å². The summed E-state index contributed by atoms with van der Waals surface area (Å²) in [5.41, 5.74) is -0.0180. The van der Waals surface area contributed by atoms with Gasteiger partial charge in [-0.2, -0.15) is 0 Å². The van der Waals surface area contributed by atoms with Crippen molar-refractivity contribution < 1.29 is 19.1 Å². The first kappa shape index (κ1) is 14.2. The van der Waals surface area contributed by atoms with Crippen LogP contribution in [0.1, 0.15) is 13.3 Å². The van der Waals surface area contributed by atoms with E-state index in [0.717, 1.165) is 6.42 Å². The van der Waals surface area contributed by atoms with Gasteiger partial charge in [0.25, 0.3) is 5.69 Å². The molecule has 0 saturated heterocycles. The largest absolute Gasteiger partial charge is 0.493 e. The van der Waals surface area contributed by atoms with Gasteiger partial charge < -0.3 is 14.2 Å². The first-order valence-corrected chi connectivity index (χ1v) is 5.72. The Labute approximate surface area is 106 Å². The van der Waals surface area contributed by atoms with Crippen LogP contribution < -0.4 is 9.47 Å². The lowest BCUT2D eigenvalue weighted by atomic mass is 10.3. The van der Waals surface area contributed by atoms with Crippen molar-refractivity contribution >= 4 is 5.69 Å². The summed E-state index contributed by atoms with van der Waals surface area (Å²) in [6.45, 7) is 3.62. The molecule has 0 saturated carbocycles. The smallest absolute Gasteiger partial charge is 0.273 e. The topological polar surface area (TPSA) is 70.8 Å². The fraction of sp³-hybridized carbons (Fsp3) is 0.500. The number of nitrogens with zero attached hydrogens (tertiary/aromatic N) is 1. The Morgan fingerprint density at radius 1 is 1.28 bits per heavy atom. The standard InChI is InChI=1S/C12H17NO5/c1-3-17-7-4-8-18-12-9-10(13(14)15)5-6-11(12)16-2/h5-6,9H,3-4,7-8H2,1-2H3. The van der Waals surface area contributed by atoms with Crippen molar-refractivity contribution in [1.82, 2.24) is 0 Å². The van der Waals surface area contributed by atoms with E-state index in [4.69, 9.17) is 14.2 Å². The third-order valence-corrected chi connectivity index (χ3v) is 2.25. The number of rotatable bonds is 8. The summed E-state index contributed by atoms with van der Waals surface area (Å²) in [6, 6.07) is 4.27. The Morgan fingerprint density at radius 2 is 2.06 bits per heavy atom. The maximum absolute atomic E-state index is 10.7. The predicted octanol–water partition coefficient (Wildman–Crippen LogP) is 2.41. The number of nitro groups is 1. The molecule has 18 heavy (non-hydrogen) atoms. The fourth-order valence-electron chi connectivity index (χ4n) is 1.38. The van der Waals surface area contributed by atoms with Gasteiger partial charge in [0, 0.05) is 25.7 Å². The molecule has 0 aromatic heterocycles. The molecule has 0 radical (unpaired) electrons. The van der Waals surface area contributed by atoms with Crippen molar-refractivity contribution in [2.45, 2.75) is 13.3 Å². The van der Waals surface area contributed by atoms with E-state index in [1.54, 1.807) is 0 Å². The maximum atomic E-state index is 10.7. The second-order valence-corrected chi connectivity index (χ2v) is 3.49. The van der Waals surface area contributed by atoms with Gasteiger partial charge >= 0.3 is 0 Å². The van der Waals surface area contributed by atoms with E-state index in [9.17, 15) is 10.1 Å². The van der Waals surface area contributed by atoms with E-state index >= 15 is 0 Å². The molecule has 0 aliphatic rings. The van der Waals surface area contributed by atoms with Crippen molar-refractivity contribution in [2.24, 2.45) is 0 Å². The highest BCUT2D eigenvalue weighted by atomic mass is 16.6. The molecule has 0 fully saturated rings. The van der Waals surface area contributed by atoms with Crippen LogP contribution in [0.5, 0.6) is 11.5 Å². The van der Waals surface area contributed by atoms with Crippen molar-refractivity contribution in [3.63, 3.8) is 0 Å². The first-order valence-electron chi connectivity index (χ1n) is 5.72. The van der Waals surface area contributed by atoms with E-state index in [0.29, 0.717) is 31.3 Å². The first-order chi connectivity index (χ1) is 8.69. The number of non-ortho nitro benzene ring substituents is 1. The molecule has 0 aliphatic carbocycles. The highest BCUT2D eigenvalue weighted by Gasteiger charge is 2.12.